The van der Waals surface area contributed by atoms with Crippen molar-refractivity contribution in [3.8, 4) is 11.5 Å². The molecule has 3 aromatic rings. The topological polar surface area (TPSA) is 130 Å². The van der Waals surface area contributed by atoms with Crippen LogP contribution in [0, 0.1) is 10.1 Å². The Morgan fingerprint density at radius 3 is 2.03 bits per heavy atom. The monoisotopic (exact) mass is 410 g/mol. The van der Waals surface area contributed by atoms with E-state index in [0.717, 1.165) is 12.1 Å². The van der Waals surface area contributed by atoms with Gasteiger partial charge in [-0.05, 0) is 30.3 Å². The number of nitrogens with one attached hydrogen (secondary N) is 1. The molecule has 0 fully saturated rings. The number of halogens is 1. The van der Waals surface area contributed by atoms with Crippen molar-refractivity contribution in [3.63, 3.8) is 0 Å². The number of nitrogens with zero attached hydrogens (tertiary/aromatic N) is 1. The molecule has 144 valence electrons. The number of phenolic OH excluding ortho intramolecular Hbond substituents is 2. The number of aromatic hydroxyl groups is 2. The minimum absolute atomic E-state index is 0.132. The summed E-state index contributed by atoms with van der Waals surface area (Å²) in [6, 6.07) is 11.2. The first kappa shape index (κ1) is 18.5. The number of para-hydroxylation sites is 1. The second-order valence-electron chi connectivity index (χ2n) is 6.26. The van der Waals surface area contributed by atoms with Gasteiger partial charge >= 0.3 is 0 Å². The Balaban J connectivity index is 1.99. The van der Waals surface area contributed by atoms with Gasteiger partial charge in [-0.2, -0.15) is 0 Å². The molecule has 0 radical (unpaired) electrons. The van der Waals surface area contributed by atoms with E-state index in [1.165, 1.54) is 12.1 Å². The molecule has 0 saturated heterocycles. The van der Waals surface area contributed by atoms with E-state index in [9.17, 15) is 29.9 Å². The molecule has 0 saturated carbocycles. The summed E-state index contributed by atoms with van der Waals surface area (Å²) in [5.41, 5.74) is -1.69. The number of anilines is 2. The number of hydrogen-bond acceptors (Lipinski definition) is 7. The van der Waals surface area contributed by atoms with E-state index >= 15 is 0 Å². The highest BCUT2D eigenvalue weighted by Crippen LogP contribution is 2.43. The summed E-state index contributed by atoms with van der Waals surface area (Å²) in [6.45, 7) is 0. The number of rotatable bonds is 3. The van der Waals surface area contributed by atoms with Crippen LogP contribution in [0.5, 0.6) is 11.5 Å². The molecule has 0 heterocycles. The van der Waals surface area contributed by atoms with Gasteiger partial charge in [0.25, 0.3) is 5.69 Å². The molecule has 3 aromatic carbocycles. The van der Waals surface area contributed by atoms with E-state index in [2.05, 4.69) is 5.32 Å². The molecule has 29 heavy (non-hydrogen) atoms. The van der Waals surface area contributed by atoms with Gasteiger partial charge < -0.3 is 15.5 Å². The standard InChI is InChI=1S/C20H11ClN2O6/c21-9-3-1-2-4-10(9)22-11-5-7-13(24)17-15(11)19(26)16-12(23(28)29)6-8-14(25)18(16)20(17)27/h1-8,22,24-25H. The SMILES string of the molecule is O=C1c2c(O)ccc(Nc3ccccc3Cl)c2C(=O)c2c([N+](=O)[O-])ccc(O)c21. The maximum atomic E-state index is 13.2. The number of carbonyl (C=O) groups is 2. The van der Waals surface area contributed by atoms with Gasteiger partial charge in [0.15, 0.2) is 0 Å². The number of hydrogen-bond donors (Lipinski definition) is 3. The number of ketones is 2. The van der Waals surface area contributed by atoms with Crippen molar-refractivity contribution in [2.45, 2.75) is 0 Å². The van der Waals surface area contributed by atoms with E-state index in [0.29, 0.717) is 10.7 Å². The molecule has 1 aliphatic carbocycles. The van der Waals surface area contributed by atoms with E-state index in [1.807, 2.05) is 0 Å². The van der Waals surface area contributed by atoms with Crippen molar-refractivity contribution in [2.75, 3.05) is 5.32 Å². The van der Waals surface area contributed by atoms with Crippen molar-refractivity contribution < 1.29 is 24.7 Å². The number of nitro benzene ring substituents is 1. The van der Waals surface area contributed by atoms with Crippen molar-refractivity contribution in [1.82, 2.24) is 0 Å². The second-order valence-corrected chi connectivity index (χ2v) is 6.66. The van der Waals surface area contributed by atoms with Crippen LogP contribution in [0.15, 0.2) is 48.5 Å². The fraction of sp³-hybridized carbons (Fsp3) is 0. The molecule has 0 aromatic heterocycles. The Morgan fingerprint density at radius 2 is 1.38 bits per heavy atom. The van der Waals surface area contributed by atoms with Gasteiger partial charge in [0.1, 0.15) is 17.1 Å². The molecule has 8 nitrogen and oxygen atoms in total. The highest BCUT2D eigenvalue weighted by atomic mass is 35.5. The van der Waals surface area contributed by atoms with Crippen molar-refractivity contribution in [3.05, 3.63) is 85.9 Å². The molecule has 3 N–H and O–H groups in total. The van der Waals surface area contributed by atoms with Gasteiger partial charge in [-0.25, -0.2) is 0 Å². The lowest BCUT2D eigenvalue weighted by atomic mass is 9.81. The number of phenols is 2. The zero-order valence-electron chi connectivity index (χ0n) is 14.5. The first-order chi connectivity index (χ1) is 13.8. The smallest absolute Gasteiger partial charge is 0.281 e. The third-order valence-corrected chi connectivity index (χ3v) is 4.92. The molecule has 0 spiro atoms. The molecule has 4 rings (SSSR count). The van der Waals surface area contributed by atoms with Gasteiger partial charge in [-0.15, -0.1) is 0 Å². The lowest BCUT2D eigenvalue weighted by Gasteiger charge is -2.22. The first-order valence-corrected chi connectivity index (χ1v) is 8.66. The lowest BCUT2D eigenvalue weighted by Crippen LogP contribution is -2.23. The number of carbonyl (C=O) groups excluding carboxylic acids is 2. The summed E-state index contributed by atoms with van der Waals surface area (Å²) < 4.78 is 0. The fourth-order valence-corrected chi connectivity index (χ4v) is 3.49. The Labute approximate surface area is 168 Å². The Bertz CT molecular complexity index is 1240. The minimum atomic E-state index is -0.892. The highest BCUT2D eigenvalue weighted by molar-refractivity contribution is 6.34. The predicted molar refractivity (Wildman–Crippen MR) is 104 cm³/mol. The summed E-state index contributed by atoms with van der Waals surface area (Å²) >= 11 is 6.14. The first-order valence-electron chi connectivity index (χ1n) is 8.28. The fourth-order valence-electron chi connectivity index (χ4n) is 3.31. The van der Waals surface area contributed by atoms with Crippen LogP contribution in [0.4, 0.5) is 17.1 Å². The highest BCUT2D eigenvalue weighted by Gasteiger charge is 2.40. The number of fused-ring (bicyclic) bond motifs is 2. The molecule has 1 aliphatic rings. The second kappa shape index (κ2) is 6.61. The van der Waals surface area contributed by atoms with Crippen LogP contribution in [-0.4, -0.2) is 26.7 Å². The summed E-state index contributed by atoms with van der Waals surface area (Å²) in [7, 11) is 0. The van der Waals surface area contributed by atoms with Crippen LogP contribution in [0.2, 0.25) is 5.02 Å². The zero-order chi connectivity index (χ0) is 20.9. The average Bonchev–Trinajstić information content (AvgIpc) is 2.68. The molecule has 9 heteroatoms. The maximum absolute atomic E-state index is 13.2. The lowest BCUT2D eigenvalue weighted by molar-refractivity contribution is -0.385. The van der Waals surface area contributed by atoms with E-state index in [-0.39, 0.29) is 16.8 Å². The zero-order valence-corrected chi connectivity index (χ0v) is 15.2. The molecule has 0 unspecified atom stereocenters. The van der Waals surface area contributed by atoms with Gasteiger partial charge in [0.2, 0.25) is 11.6 Å². The quantitative estimate of drug-likeness (QED) is 0.262. The van der Waals surface area contributed by atoms with Crippen LogP contribution in [-0.2, 0) is 0 Å². The Kier molecular flexibility index (Phi) is 4.20. The normalized spacial score (nSPS) is 12.3. The Hall–Kier alpha value is -3.91. The van der Waals surface area contributed by atoms with Crippen LogP contribution >= 0.6 is 11.6 Å². The van der Waals surface area contributed by atoms with E-state index < -0.39 is 44.8 Å². The third-order valence-electron chi connectivity index (χ3n) is 4.59. The van der Waals surface area contributed by atoms with Crippen LogP contribution in [0.25, 0.3) is 0 Å². The van der Waals surface area contributed by atoms with Gasteiger partial charge in [0, 0.05) is 6.07 Å². The largest absolute Gasteiger partial charge is 0.507 e. The van der Waals surface area contributed by atoms with Crippen molar-refractivity contribution >= 4 is 40.2 Å². The molecular weight excluding hydrogens is 400 g/mol. The summed E-state index contributed by atoms with van der Waals surface area (Å²) in [6.07, 6.45) is 0. The van der Waals surface area contributed by atoms with Crippen molar-refractivity contribution in [2.24, 2.45) is 0 Å². The summed E-state index contributed by atoms with van der Waals surface area (Å²) in [4.78, 5) is 36.8. The predicted octanol–water partition coefficient (Wildman–Crippen LogP) is 4.18. The maximum Gasteiger partial charge on any atom is 0.281 e. The molecule has 0 atom stereocenters. The molecular formula is C20H11ClN2O6. The van der Waals surface area contributed by atoms with E-state index in [1.54, 1.807) is 24.3 Å². The van der Waals surface area contributed by atoms with Gasteiger partial charge in [-0.1, -0.05) is 23.7 Å². The molecule has 0 amide bonds. The molecule has 0 bridgehead atoms. The van der Waals surface area contributed by atoms with Crippen LogP contribution in [0.1, 0.15) is 31.8 Å². The van der Waals surface area contributed by atoms with E-state index in [4.69, 9.17) is 11.6 Å². The Morgan fingerprint density at radius 1 is 0.793 bits per heavy atom. The summed E-state index contributed by atoms with van der Waals surface area (Å²) in [5, 5.41) is 35.0. The van der Waals surface area contributed by atoms with Gasteiger partial charge in [0.05, 0.1) is 38.0 Å². The number of benzene rings is 3. The third kappa shape index (κ3) is 2.77. The number of nitro groups is 1. The summed E-state index contributed by atoms with van der Waals surface area (Å²) in [5.74, 6) is -2.84. The van der Waals surface area contributed by atoms with Crippen molar-refractivity contribution in [1.29, 1.82) is 0 Å². The average molecular weight is 411 g/mol. The minimum Gasteiger partial charge on any atom is -0.507 e. The van der Waals surface area contributed by atoms with Gasteiger partial charge in [-0.3, -0.25) is 19.7 Å². The van der Waals surface area contributed by atoms with Crippen LogP contribution in [0.3, 0.4) is 0 Å². The molecule has 0 aliphatic heterocycles. The van der Waals surface area contributed by atoms with Crippen LogP contribution < -0.4 is 5.32 Å².